The van der Waals surface area contributed by atoms with Gasteiger partial charge in [0.2, 0.25) is 12.3 Å². The Morgan fingerprint density at radius 3 is 3.12 bits per heavy atom. The maximum atomic E-state index is 11.4. The molecule has 0 unspecified atom stereocenters. The normalized spacial score (nSPS) is 9.62. The van der Waals surface area contributed by atoms with Gasteiger partial charge in [-0.2, -0.15) is 0 Å². The summed E-state index contributed by atoms with van der Waals surface area (Å²) in [5.41, 5.74) is 0. The maximum absolute atomic E-state index is 11.4. The molecule has 4 heteroatoms. The van der Waals surface area contributed by atoms with E-state index in [9.17, 15) is 4.39 Å². The predicted molar refractivity (Wildman–Crippen MR) is 24.0 cm³/mol. The third kappa shape index (κ3) is 1.02. The molecule has 1 aromatic rings. The quantitative estimate of drug-likeness (QED) is 0.567. The van der Waals surface area contributed by atoms with Crippen molar-refractivity contribution in [3.05, 3.63) is 12.3 Å². The second-order valence-corrected chi connectivity index (χ2v) is 1.27. The van der Waals surface area contributed by atoms with E-state index < -0.39 is 6.67 Å². The summed E-state index contributed by atoms with van der Waals surface area (Å²) < 4.78 is 16.0. The van der Waals surface area contributed by atoms with Crippen LogP contribution in [-0.2, 0) is 6.42 Å². The number of hydrogen-bond donors (Lipinski definition) is 0. The van der Waals surface area contributed by atoms with E-state index in [4.69, 9.17) is 0 Å². The van der Waals surface area contributed by atoms with Crippen molar-refractivity contribution in [2.45, 2.75) is 6.42 Å². The number of rotatable bonds is 2. The summed E-state index contributed by atoms with van der Waals surface area (Å²) in [5.74, 6) is 0.354. The third-order valence-electron chi connectivity index (χ3n) is 0.714. The van der Waals surface area contributed by atoms with Gasteiger partial charge in [-0.1, -0.05) is 0 Å². The standard InChI is InChI=1S/C4H5FN2O/c5-2-1-4-7-6-3-8-4/h3H,1-2H2. The Bertz CT molecular complexity index is 140. The lowest BCUT2D eigenvalue weighted by atomic mass is 10.5. The van der Waals surface area contributed by atoms with E-state index in [2.05, 4.69) is 14.6 Å². The molecular weight excluding hydrogens is 111 g/mol. The zero-order valence-electron chi connectivity index (χ0n) is 4.17. The Balaban J connectivity index is 2.50. The number of aromatic nitrogens is 2. The smallest absolute Gasteiger partial charge is 0.218 e. The van der Waals surface area contributed by atoms with Crippen LogP contribution < -0.4 is 0 Å². The molecule has 0 bridgehead atoms. The van der Waals surface area contributed by atoms with Crippen LogP contribution in [0.3, 0.4) is 0 Å². The molecular formula is C4H5FN2O. The molecule has 0 aliphatic heterocycles. The number of aryl methyl sites for hydroxylation is 1. The minimum absolute atomic E-state index is 0.222. The van der Waals surface area contributed by atoms with Crippen molar-refractivity contribution in [1.29, 1.82) is 0 Å². The topological polar surface area (TPSA) is 38.9 Å². The van der Waals surface area contributed by atoms with Gasteiger partial charge in [0.05, 0.1) is 13.1 Å². The highest BCUT2D eigenvalue weighted by molar-refractivity contribution is 4.70. The van der Waals surface area contributed by atoms with Crippen molar-refractivity contribution in [1.82, 2.24) is 10.2 Å². The van der Waals surface area contributed by atoms with Crippen LogP contribution in [0.2, 0.25) is 0 Å². The third-order valence-corrected chi connectivity index (χ3v) is 0.714. The number of hydrogen-bond acceptors (Lipinski definition) is 3. The highest BCUT2D eigenvalue weighted by Crippen LogP contribution is 1.91. The van der Waals surface area contributed by atoms with Crippen molar-refractivity contribution in [3.63, 3.8) is 0 Å². The second kappa shape index (κ2) is 2.40. The molecule has 0 aromatic carbocycles. The Morgan fingerprint density at radius 2 is 2.62 bits per heavy atom. The van der Waals surface area contributed by atoms with E-state index in [-0.39, 0.29) is 6.42 Å². The molecule has 3 nitrogen and oxygen atoms in total. The van der Waals surface area contributed by atoms with Gasteiger partial charge >= 0.3 is 0 Å². The largest absolute Gasteiger partial charge is 0.428 e. The molecule has 1 rings (SSSR count). The zero-order valence-corrected chi connectivity index (χ0v) is 4.17. The number of nitrogens with zero attached hydrogens (tertiary/aromatic N) is 2. The van der Waals surface area contributed by atoms with Crippen molar-refractivity contribution in [3.8, 4) is 0 Å². The first-order chi connectivity index (χ1) is 3.93. The first-order valence-electron chi connectivity index (χ1n) is 2.24. The van der Waals surface area contributed by atoms with Crippen LogP contribution in [0.25, 0.3) is 0 Å². The highest BCUT2D eigenvalue weighted by atomic mass is 19.1. The molecule has 44 valence electrons. The monoisotopic (exact) mass is 116 g/mol. The van der Waals surface area contributed by atoms with E-state index >= 15 is 0 Å². The van der Waals surface area contributed by atoms with Crippen LogP contribution in [0.5, 0.6) is 0 Å². The molecule has 0 fully saturated rings. The van der Waals surface area contributed by atoms with Crippen LogP contribution in [0.15, 0.2) is 10.8 Å². The summed E-state index contributed by atoms with van der Waals surface area (Å²) in [6.45, 7) is -0.442. The minimum atomic E-state index is -0.442. The van der Waals surface area contributed by atoms with E-state index in [1.54, 1.807) is 0 Å². The van der Waals surface area contributed by atoms with Gasteiger partial charge in [0.25, 0.3) is 0 Å². The molecule has 8 heavy (non-hydrogen) atoms. The highest BCUT2D eigenvalue weighted by Gasteiger charge is 1.94. The van der Waals surface area contributed by atoms with Crippen molar-refractivity contribution in [2.75, 3.05) is 6.67 Å². The van der Waals surface area contributed by atoms with Gasteiger partial charge in [0.15, 0.2) is 0 Å². The summed E-state index contributed by atoms with van der Waals surface area (Å²) in [4.78, 5) is 0. The molecule has 1 heterocycles. The molecule has 0 N–H and O–H groups in total. The lowest BCUT2D eigenvalue weighted by Gasteiger charge is -1.80. The van der Waals surface area contributed by atoms with Crippen LogP contribution >= 0.6 is 0 Å². The average molecular weight is 116 g/mol. The molecule has 0 saturated heterocycles. The van der Waals surface area contributed by atoms with Crippen molar-refractivity contribution in [2.24, 2.45) is 0 Å². The fourth-order valence-electron chi connectivity index (χ4n) is 0.386. The van der Waals surface area contributed by atoms with Gasteiger partial charge in [-0.15, -0.1) is 10.2 Å². The van der Waals surface area contributed by atoms with Crippen LogP contribution in [-0.4, -0.2) is 16.9 Å². The van der Waals surface area contributed by atoms with Gasteiger partial charge in [-0.05, 0) is 0 Å². The molecule has 0 spiro atoms. The lowest BCUT2D eigenvalue weighted by molar-refractivity contribution is 0.429. The Morgan fingerprint density at radius 1 is 1.75 bits per heavy atom. The molecule has 0 amide bonds. The molecule has 1 aromatic heterocycles. The summed E-state index contributed by atoms with van der Waals surface area (Å²) in [6, 6.07) is 0. The Hall–Kier alpha value is -0.930. The van der Waals surface area contributed by atoms with E-state index in [0.29, 0.717) is 5.89 Å². The summed E-state index contributed by atoms with van der Waals surface area (Å²) >= 11 is 0. The predicted octanol–water partition coefficient (Wildman–Crippen LogP) is 0.582. The van der Waals surface area contributed by atoms with Crippen LogP contribution in [0.1, 0.15) is 5.89 Å². The average Bonchev–Trinajstić information content (AvgIpc) is 2.19. The molecule has 0 aliphatic rings. The van der Waals surface area contributed by atoms with Gasteiger partial charge < -0.3 is 4.42 Å². The summed E-state index contributed by atoms with van der Waals surface area (Å²) in [5, 5.41) is 6.81. The maximum Gasteiger partial charge on any atom is 0.218 e. The Kier molecular flexibility index (Phi) is 1.56. The molecule has 0 saturated carbocycles. The SMILES string of the molecule is FCCc1nnco1. The van der Waals surface area contributed by atoms with E-state index in [1.165, 1.54) is 6.39 Å². The van der Waals surface area contributed by atoms with E-state index in [1.807, 2.05) is 0 Å². The van der Waals surface area contributed by atoms with Gasteiger partial charge in [-0.25, -0.2) is 0 Å². The minimum Gasteiger partial charge on any atom is -0.428 e. The lowest BCUT2D eigenvalue weighted by Crippen LogP contribution is -1.85. The van der Waals surface area contributed by atoms with Crippen molar-refractivity contribution >= 4 is 0 Å². The van der Waals surface area contributed by atoms with E-state index in [0.717, 1.165) is 0 Å². The molecule has 0 radical (unpaired) electrons. The zero-order chi connectivity index (χ0) is 5.82. The number of alkyl halides is 1. The summed E-state index contributed by atoms with van der Waals surface area (Å²) in [7, 11) is 0. The first kappa shape index (κ1) is 5.21. The fourth-order valence-corrected chi connectivity index (χ4v) is 0.386. The number of halogens is 1. The summed E-state index contributed by atoms with van der Waals surface area (Å²) in [6.07, 6.45) is 1.41. The molecule has 0 aliphatic carbocycles. The van der Waals surface area contributed by atoms with Gasteiger partial charge in [0.1, 0.15) is 0 Å². The van der Waals surface area contributed by atoms with Crippen LogP contribution in [0.4, 0.5) is 4.39 Å². The van der Waals surface area contributed by atoms with Gasteiger partial charge in [0, 0.05) is 0 Å². The fraction of sp³-hybridized carbons (Fsp3) is 0.500. The molecule has 0 atom stereocenters. The van der Waals surface area contributed by atoms with Crippen molar-refractivity contribution < 1.29 is 8.81 Å². The van der Waals surface area contributed by atoms with Gasteiger partial charge in [-0.3, -0.25) is 4.39 Å². The van der Waals surface area contributed by atoms with Crippen LogP contribution in [0, 0.1) is 0 Å². The second-order valence-electron chi connectivity index (χ2n) is 1.27. The Labute approximate surface area is 45.5 Å². The first-order valence-corrected chi connectivity index (χ1v) is 2.24.